The first-order valence-electron chi connectivity index (χ1n) is 9.92. The molecule has 30 heavy (non-hydrogen) atoms. The van der Waals surface area contributed by atoms with Gasteiger partial charge < -0.3 is 14.2 Å². The van der Waals surface area contributed by atoms with Crippen molar-refractivity contribution in [1.29, 1.82) is 0 Å². The van der Waals surface area contributed by atoms with Crippen LogP contribution in [0.2, 0.25) is 0 Å². The molecule has 0 unspecified atom stereocenters. The van der Waals surface area contributed by atoms with Crippen molar-refractivity contribution in [2.24, 2.45) is 0 Å². The third-order valence-electron chi connectivity index (χ3n) is 4.77. The molecule has 1 aliphatic heterocycles. The summed E-state index contributed by atoms with van der Waals surface area (Å²) in [7, 11) is 1.65. The van der Waals surface area contributed by atoms with E-state index in [9.17, 15) is 4.79 Å². The van der Waals surface area contributed by atoms with E-state index in [-0.39, 0.29) is 18.3 Å². The second-order valence-electron chi connectivity index (χ2n) is 7.01. The maximum atomic E-state index is 12.4. The van der Waals surface area contributed by atoms with Crippen molar-refractivity contribution >= 4 is 11.9 Å². The van der Waals surface area contributed by atoms with Gasteiger partial charge in [-0.15, -0.1) is 5.10 Å². The second-order valence-corrected chi connectivity index (χ2v) is 7.01. The van der Waals surface area contributed by atoms with Crippen LogP contribution in [0.25, 0.3) is 0 Å². The fraction of sp³-hybridized carbons (Fsp3) is 0.318. The van der Waals surface area contributed by atoms with E-state index in [0.29, 0.717) is 31.1 Å². The average molecular weight is 408 g/mol. The Kier molecular flexibility index (Phi) is 6.12. The number of nitrogens with one attached hydrogen (secondary N) is 2. The molecule has 0 atom stereocenters. The molecule has 1 aliphatic rings. The van der Waals surface area contributed by atoms with Crippen LogP contribution in [0.1, 0.15) is 23.4 Å². The van der Waals surface area contributed by atoms with E-state index in [4.69, 9.17) is 14.2 Å². The van der Waals surface area contributed by atoms with Gasteiger partial charge in [-0.05, 0) is 41.8 Å². The van der Waals surface area contributed by atoms with E-state index >= 15 is 0 Å². The summed E-state index contributed by atoms with van der Waals surface area (Å²) < 4.78 is 16.5. The molecular formula is C22H24N4O4. The van der Waals surface area contributed by atoms with Gasteiger partial charge >= 0.3 is 0 Å². The van der Waals surface area contributed by atoms with Gasteiger partial charge in [-0.25, -0.2) is 0 Å². The van der Waals surface area contributed by atoms with Crippen molar-refractivity contribution in [1.82, 2.24) is 15.2 Å². The smallest absolute Gasteiger partial charge is 0.248 e. The lowest BCUT2D eigenvalue weighted by atomic mass is 10.1. The van der Waals surface area contributed by atoms with Crippen LogP contribution < -0.4 is 19.5 Å². The number of aromatic nitrogens is 3. The highest BCUT2D eigenvalue weighted by molar-refractivity contribution is 5.90. The molecule has 0 saturated carbocycles. The molecule has 0 aliphatic carbocycles. The van der Waals surface area contributed by atoms with Crippen LogP contribution in [0.3, 0.4) is 0 Å². The van der Waals surface area contributed by atoms with Crippen LogP contribution in [0.4, 0.5) is 5.95 Å². The Morgan fingerprint density at radius 3 is 2.63 bits per heavy atom. The van der Waals surface area contributed by atoms with Crippen LogP contribution >= 0.6 is 0 Å². The highest BCUT2D eigenvalue weighted by atomic mass is 16.5. The minimum absolute atomic E-state index is 0.190. The number of ether oxygens (including phenoxy) is 3. The van der Waals surface area contributed by atoms with Crippen LogP contribution in [0.5, 0.6) is 17.2 Å². The number of H-pyrrole nitrogens is 1. The maximum absolute atomic E-state index is 12.4. The first-order chi connectivity index (χ1) is 14.7. The Morgan fingerprint density at radius 2 is 1.83 bits per heavy atom. The minimum atomic E-state index is -0.190. The molecule has 156 valence electrons. The van der Waals surface area contributed by atoms with E-state index in [2.05, 4.69) is 20.5 Å². The van der Waals surface area contributed by atoms with Gasteiger partial charge in [-0.3, -0.25) is 15.2 Å². The van der Waals surface area contributed by atoms with Gasteiger partial charge in [-0.2, -0.15) is 4.98 Å². The topological polar surface area (TPSA) is 98.4 Å². The Balaban J connectivity index is 1.30. The van der Waals surface area contributed by atoms with Gasteiger partial charge in [0.15, 0.2) is 11.5 Å². The molecule has 2 heterocycles. The standard InChI is InChI=1S/C22H24N4O4/c1-28-17-7-3-15(4-8-17)6-10-20-23-22(26-25-20)24-21(27)14-16-5-9-18-19(13-16)30-12-2-11-29-18/h3-5,7-9,13H,2,6,10-12,14H2,1H3,(H2,23,24,25,26,27). The monoisotopic (exact) mass is 408 g/mol. The number of nitrogens with zero attached hydrogens (tertiary/aromatic N) is 2. The number of hydrogen-bond acceptors (Lipinski definition) is 6. The SMILES string of the molecule is COc1ccc(CCc2nc(NC(=O)Cc3ccc4c(c3)OCCCO4)n[nH]2)cc1. The number of rotatable bonds is 7. The zero-order chi connectivity index (χ0) is 20.8. The predicted molar refractivity (Wildman–Crippen MR) is 111 cm³/mol. The Morgan fingerprint density at radius 1 is 1.07 bits per heavy atom. The van der Waals surface area contributed by atoms with Gasteiger partial charge in [0.05, 0.1) is 26.7 Å². The Bertz CT molecular complexity index is 1000. The fourth-order valence-corrected chi connectivity index (χ4v) is 3.19. The normalized spacial score (nSPS) is 12.8. The highest BCUT2D eigenvalue weighted by Crippen LogP contribution is 2.30. The molecule has 0 saturated heterocycles. The van der Waals surface area contributed by atoms with Gasteiger partial charge in [-0.1, -0.05) is 18.2 Å². The van der Waals surface area contributed by atoms with Crippen molar-refractivity contribution in [2.45, 2.75) is 25.7 Å². The minimum Gasteiger partial charge on any atom is -0.497 e. The van der Waals surface area contributed by atoms with E-state index in [1.165, 1.54) is 5.56 Å². The lowest BCUT2D eigenvalue weighted by Crippen LogP contribution is -2.15. The first-order valence-corrected chi connectivity index (χ1v) is 9.92. The van der Waals surface area contributed by atoms with Crippen molar-refractivity contribution in [3.63, 3.8) is 0 Å². The van der Waals surface area contributed by atoms with E-state index in [1.807, 2.05) is 42.5 Å². The molecule has 8 heteroatoms. The molecule has 1 aromatic heterocycles. The summed E-state index contributed by atoms with van der Waals surface area (Å²) >= 11 is 0. The molecule has 2 aromatic carbocycles. The molecular weight excluding hydrogens is 384 g/mol. The maximum Gasteiger partial charge on any atom is 0.248 e. The quantitative estimate of drug-likeness (QED) is 0.624. The lowest BCUT2D eigenvalue weighted by Gasteiger charge is -2.09. The first kappa shape index (κ1) is 19.8. The number of aryl methyl sites for hydroxylation is 2. The number of aromatic amines is 1. The predicted octanol–water partition coefficient (Wildman–Crippen LogP) is 2.94. The number of hydrogen-bond donors (Lipinski definition) is 2. The highest BCUT2D eigenvalue weighted by Gasteiger charge is 2.13. The van der Waals surface area contributed by atoms with Crippen LogP contribution in [0, 0.1) is 0 Å². The molecule has 4 rings (SSSR count). The third-order valence-corrected chi connectivity index (χ3v) is 4.77. The van der Waals surface area contributed by atoms with E-state index in [0.717, 1.165) is 30.0 Å². The second kappa shape index (κ2) is 9.30. The summed E-state index contributed by atoms with van der Waals surface area (Å²) in [5, 5.41) is 9.70. The lowest BCUT2D eigenvalue weighted by molar-refractivity contribution is -0.115. The summed E-state index contributed by atoms with van der Waals surface area (Å²) in [6.45, 7) is 1.25. The van der Waals surface area contributed by atoms with Crippen molar-refractivity contribution < 1.29 is 19.0 Å². The van der Waals surface area contributed by atoms with Crippen molar-refractivity contribution in [3.8, 4) is 17.2 Å². The molecule has 2 N–H and O–H groups in total. The Labute approximate surface area is 174 Å². The number of carbonyl (C=O) groups is 1. The number of fused-ring (bicyclic) bond motifs is 1. The van der Waals surface area contributed by atoms with Crippen LogP contribution in [0.15, 0.2) is 42.5 Å². The van der Waals surface area contributed by atoms with Gasteiger partial charge in [0.2, 0.25) is 11.9 Å². The van der Waals surface area contributed by atoms with Gasteiger partial charge in [0.25, 0.3) is 0 Å². The van der Waals surface area contributed by atoms with Crippen LogP contribution in [-0.4, -0.2) is 41.4 Å². The largest absolute Gasteiger partial charge is 0.497 e. The number of carbonyl (C=O) groups excluding carboxylic acids is 1. The van der Waals surface area contributed by atoms with E-state index in [1.54, 1.807) is 7.11 Å². The van der Waals surface area contributed by atoms with Crippen molar-refractivity contribution in [2.75, 3.05) is 25.6 Å². The summed E-state index contributed by atoms with van der Waals surface area (Å²) in [6.07, 6.45) is 2.55. The van der Waals surface area contributed by atoms with Gasteiger partial charge in [0.1, 0.15) is 11.6 Å². The van der Waals surface area contributed by atoms with Gasteiger partial charge in [0, 0.05) is 12.8 Å². The zero-order valence-electron chi connectivity index (χ0n) is 16.8. The summed E-state index contributed by atoms with van der Waals surface area (Å²) in [5.74, 6) is 3.03. The summed E-state index contributed by atoms with van der Waals surface area (Å²) in [4.78, 5) is 16.7. The van der Waals surface area contributed by atoms with Crippen molar-refractivity contribution in [3.05, 3.63) is 59.4 Å². The van der Waals surface area contributed by atoms with Crippen LogP contribution in [-0.2, 0) is 24.1 Å². The molecule has 8 nitrogen and oxygen atoms in total. The number of benzene rings is 2. The molecule has 0 radical (unpaired) electrons. The molecule has 0 spiro atoms. The molecule has 0 fully saturated rings. The number of anilines is 1. The summed E-state index contributed by atoms with van der Waals surface area (Å²) in [6, 6.07) is 13.5. The average Bonchev–Trinajstić information content (AvgIpc) is 3.07. The molecule has 3 aromatic rings. The Hall–Kier alpha value is -3.55. The number of methoxy groups -OCH3 is 1. The summed E-state index contributed by atoms with van der Waals surface area (Å²) in [5.41, 5.74) is 2.01. The molecule has 1 amide bonds. The molecule has 0 bridgehead atoms. The van der Waals surface area contributed by atoms with E-state index < -0.39 is 0 Å². The number of amides is 1. The zero-order valence-corrected chi connectivity index (χ0v) is 16.8. The fourth-order valence-electron chi connectivity index (χ4n) is 3.19. The third kappa shape index (κ3) is 5.08.